The largest absolute Gasteiger partial charge is 0.359 e. The van der Waals surface area contributed by atoms with E-state index in [0.717, 1.165) is 38.2 Å². The molecule has 1 aliphatic heterocycles. The van der Waals surface area contributed by atoms with Crippen LogP contribution in [0, 0.1) is 18.4 Å². The topological polar surface area (TPSA) is 39.4 Å². The van der Waals surface area contributed by atoms with Gasteiger partial charge < -0.3 is 4.90 Å². The molecule has 2 aromatic carbocycles. The monoisotopic (exact) mass is 317 g/mol. The smallest absolute Gasteiger partial charge is 0.207 e. The second kappa shape index (κ2) is 7.79. The summed E-state index contributed by atoms with van der Waals surface area (Å²) in [6, 6.07) is 19.2. The summed E-state index contributed by atoms with van der Waals surface area (Å²) in [5.41, 5.74) is 3.88. The molecule has 0 radical (unpaired) electrons. The molecule has 122 valence electrons. The van der Waals surface area contributed by atoms with Gasteiger partial charge in [0.1, 0.15) is 5.84 Å². The van der Waals surface area contributed by atoms with Gasteiger partial charge in [-0.05, 0) is 36.8 Å². The third-order valence-electron chi connectivity index (χ3n) is 4.75. The second-order valence-corrected chi connectivity index (χ2v) is 6.47. The average Bonchev–Trinajstić information content (AvgIpc) is 2.62. The maximum atomic E-state index is 9.07. The summed E-state index contributed by atoms with van der Waals surface area (Å²) in [4.78, 5) is 6.40. The van der Waals surface area contributed by atoms with Gasteiger partial charge >= 0.3 is 0 Å². The van der Waals surface area contributed by atoms with E-state index in [1.807, 2.05) is 6.19 Å². The molecular formula is C21H23N3. The first-order valence-electron chi connectivity index (χ1n) is 8.57. The lowest BCUT2D eigenvalue weighted by Crippen LogP contribution is -2.39. The van der Waals surface area contributed by atoms with Crippen molar-refractivity contribution in [3.8, 4) is 6.19 Å². The highest BCUT2D eigenvalue weighted by Gasteiger charge is 2.22. The van der Waals surface area contributed by atoms with Crippen molar-refractivity contribution in [2.45, 2.75) is 32.1 Å². The van der Waals surface area contributed by atoms with Crippen LogP contribution >= 0.6 is 0 Å². The van der Waals surface area contributed by atoms with E-state index in [1.165, 1.54) is 16.7 Å². The van der Waals surface area contributed by atoms with E-state index in [-0.39, 0.29) is 0 Å². The summed E-state index contributed by atoms with van der Waals surface area (Å²) in [6.07, 6.45) is 4.94. The van der Waals surface area contributed by atoms with Crippen LogP contribution in [0.25, 0.3) is 0 Å². The number of aliphatic imine (C=N–C) groups is 1. The van der Waals surface area contributed by atoms with Gasteiger partial charge in [0.2, 0.25) is 6.19 Å². The third-order valence-corrected chi connectivity index (χ3v) is 4.75. The number of piperidine rings is 1. The Bertz CT molecular complexity index is 735. The van der Waals surface area contributed by atoms with Crippen LogP contribution in [0.15, 0.2) is 59.6 Å². The van der Waals surface area contributed by atoms with E-state index >= 15 is 0 Å². The molecule has 0 aliphatic carbocycles. The van der Waals surface area contributed by atoms with Gasteiger partial charge in [-0.25, -0.2) is 0 Å². The Hall–Kier alpha value is -2.60. The minimum Gasteiger partial charge on any atom is -0.359 e. The summed E-state index contributed by atoms with van der Waals surface area (Å²) < 4.78 is 0. The molecule has 1 saturated heterocycles. The van der Waals surface area contributed by atoms with E-state index in [4.69, 9.17) is 5.26 Å². The molecule has 0 bridgehead atoms. The Morgan fingerprint density at radius 3 is 2.54 bits per heavy atom. The van der Waals surface area contributed by atoms with Crippen molar-refractivity contribution in [1.82, 2.24) is 4.90 Å². The average molecular weight is 317 g/mol. The van der Waals surface area contributed by atoms with Gasteiger partial charge in [-0.2, -0.15) is 10.3 Å². The summed E-state index contributed by atoms with van der Waals surface area (Å²) >= 11 is 0. The molecule has 1 aliphatic rings. The van der Waals surface area contributed by atoms with Crippen molar-refractivity contribution in [2.24, 2.45) is 4.99 Å². The standard InChI is InChI=1S/C21H23N3/c1-17-6-5-7-18(14-17)15-21(23-16-22)24-12-10-20(11-13-24)19-8-3-2-4-9-19/h2-9,14,20H,10-13,15H2,1H3. The molecule has 3 nitrogen and oxygen atoms in total. The number of aryl methyl sites for hydroxylation is 1. The van der Waals surface area contributed by atoms with E-state index < -0.39 is 0 Å². The van der Waals surface area contributed by atoms with Gasteiger partial charge in [-0.1, -0.05) is 60.2 Å². The molecule has 0 amide bonds. The number of hydrogen-bond acceptors (Lipinski definition) is 2. The first-order chi connectivity index (χ1) is 11.8. The van der Waals surface area contributed by atoms with Crippen LogP contribution in [0.4, 0.5) is 0 Å². The van der Waals surface area contributed by atoms with Crippen LogP contribution < -0.4 is 0 Å². The highest BCUT2D eigenvalue weighted by molar-refractivity contribution is 5.85. The Labute approximate surface area is 144 Å². The fraction of sp³-hybridized carbons (Fsp3) is 0.333. The Balaban J connectivity index is 1.66. The van der Waals surface area contributed by atoms with Crippen molar-refractivity contribution in [2.75, 3.05) is 13.1 Å². The van der Waals surface area contributed by atoms with E-state index in [1.54, 1.807) is 0 Å². The highest BCUT2D eigenvalue weighted by atomic mass is 15.2. The number of rotatable bonds is 3. The Kier molecular flexibility index (Phi) is 5.28. The van der Waals surface area contributed by atoms with Crippen LogP contribution in [0.1, 0.15) is 35.4 Å². The van der Waals surface area contributed by atoms with Crippen molar-refractivity contribution < 1.29 is 0 Å². The van der Waals surface area contributed by atoms with E-state index in [2.05, 4.69) is 71.4 Å². The number of benzene rings is 2. The Morgan fingerprint density at radius 2 is 1.88 bits per heavy atom. The number of hydrogen-bond donors (Lipinski definition) is 0. The molecule has 1 heterocycles. The molecule has 0 atom stereocenters. The highest BCUT2D eigenvalue weighted by Crippen LogP contribution is 2.28. The zero-order chi connectivity index (χ0) is 16.8. The summed E-state index contributed by atoms with van der Waals surface area (Å²) in [7, 11) is 0. The molecule has 0 N–H and O–H groups in total. The van der Waals surface area contributed by atoms with E-state index in [9.17, 15) is 0 Å². The molecule has 3 rings (SSSR count). The van der Waals surface area contributed by atoms with Gasteiger partial charge in [0.05, 0.1) is 0 Å². The van der Waals surface area contributed by atoms with Gasteiger partial charge in [0, 0.05) is 19.5 Å². The molecule has 0 saturated carbocycles. The van der Waals surface area contributed by atoms with Crippen LogP contribution in [-0.4, -0.2) is 23.8 Å². The molecule has 1 fully saturated rings. The van der Waals surface area contributed by atoms with Crippen LogP contribution in [0.5, 0.6) is 0 Å². The molecule has 24 heavy (non-hydrogen) atoms. The first-order valence-corrected chi connectivity index (χ1v) is 8.57. The maximum absolute atomic E-state index is 9.07. The molecular weight excluding hydrogens is 294 g/mol. The minimum absolute atomic E-state index is 0.616. The zero-order valence-corrected chi connectivity index (χ0v) is 14.2. The van der Waals surface area contributed by atoms with Crippen molar-refractivity contribution in [3.05, 3.63) is 71.3 Å². The first kappa shape index (κ1) is 16.3. The summed E-state index contributed by atoms with van der Waals surface area (Å²) in [5.74, 6) is 1.51. The quantitative estimate of drug-likeness (QED) is 0.481. The molecule has 0 spiro atoms. The van der Waals surface area contributed by atoms with Crippen molar-refractivity contribution >= 4 is 5.84 Å². The number of nitriles is 1. The van der Waals surface area contributed by atoms with Gasteiger partial charge in [-0.3, -0.25) is 0 Å². The van der Waals surface area contributed by atoms with Crippen molar-refractivity contribution in [1.29, 1.82) is 5.26 Å². The molecule has 2 aromatic rings. The predicted octanol–water partition coefficient (Wildman–Crippen LogP) is 4.30. The minimum atomic E-state index is 0.616. The van der Waals surface area contributed by atoms with Gasteiger partial charge in [0.15, 0.2) is 0 Å². The molecule has 0 aromatic heterocycles. The zero-order valence-electron chi connectivity index (χ0n) is 14.2. The lowest BCUT2D eigenvalue weighted by atomic mass is 9.89. The summed E-state index contributed by atoms with van der Waals surface area (Å²) in [5, 5.41) is 9.07. The fourth-order valence-corrected chi connectivity index (χ4v) is 3.48. The van der Waals surface area contributed by atoms with Gasteiger partial charge in [0.25, 0.3) is 0 Å². The summed E-state index contributed by atoms with van der Waals surface area (Å²) in [6.45, 7) is 4.02. The van der Waals surface area contributed by atoms with Crippen LogP contribution in [0.3, 0.4) is 0 Å². The Morgan fingerprint density at radius 1 is 1.12 bits per heavy atom. The third kappa shape index (κ3) is 4.02. The van der Waals surface area contributed by atoms with Crippen molar-refractivity contribution in [3.63, 3.8) is 0 Å². The lowest BCUT2D eigenvalue weighted by Gasteiger charge is -2.34. The molecule has 3 heteroatoms. The number of nitrogens with zero attached hydrogens (tertiary/aromatic N) is 3. The van der Waals surface area contributed by atoms with Gasteiger partial charge in [-0.15, -0.1) is 0 Å². The molecule has 0 unspecified atom stereocenters. The van der Waals surface area contributed by atoms with Crippen LogP contribution in [0.2, 0.25) is 0 Å². The number of amidine groups is 1. The lowest BCUT2D eigenvalue weighted by molar-refractivity contribution is 0.309. The fourth-order valence-electron chi connectivity index (χ4n) is 3.48. The second-order valence-electron chi connectivity index (χ2n) is 6.47. The van der Waals surface area contributed by atoms with E-state index in [0.29, 0.717) is 5.92 Å². The normalized spacial score (nSPS) is 16.0. The maximum Gasteiger partial charge on any atom is 0.207 e. The van der Waals surface area contributed by atoms with Crippen LogP contribution in [-0.2, 0) is 6.42 Å². The SMILES string of the molecule is Cc1cccc(CC(=NC#N)N2CCC(c3ccccc3)CC2)c1. The number of likely N-dealkylation sites (tertiary alicyclic amines) is 1. The predicted molar refractivity (Wildman–Crippen MR) is 97.9 cm³/mol.